The number of fused-ring (bicyclic) bond motifs is 1. The molecule has 0 aliphatic carbocycles. The quantitative estimate of drug-likeness (QED) is 0.623. The molecular formula is C20H16ClNO. The first-order chi connectivity index (χ1) is 11.1. The van der Waals surface area contributed by atoms with Crippen LogP contribution >= 0.6 is 11.6 Å². The van der Waals surface area contributed by atoms with Crippen molar-refractivity contribution in [2.75, 3.05) is 5.32 Å². The van der Waals surface area contributed by atoms with Crippen LogP contribution in [0.15, 0.2) is 60.7 Å². The number of amides is 1. The predicted molar refractivity (Wildman–Crippen MR) is 98.6 cm³/mol. The molecule has 114 valence electrons. The summed E-state index contributed by atoms with van der Waals surface area (Å²) < 4.78 is 0. The third-order valence-electron chi connectivity index (χ3n) is 3.57. The van der Waals surface area contributed by atoms with E-state index in [1.54, 1.807) is 0 Å². The summed E-state index contributed by atoms with van der Waals surface area (Å²) in [6.07, 6.45) is 4.09. The van der Waals surface area contributed by atoms with Gasteiger partial charge in [0, 0.05) is 23.0 Å². The van der Waals surface area contributed by atoms with Gasteiger partial charge < -0.3 is 5.32 Å². The lowest BCUT2D eigenvalue weighted by atomic mass is 10.0. The lowest BCUT2D eigenvalue weighted by Gasteiger charge is -2.10. The molecule has 0 heterocycles. The van der Waals surface area contributed by atoms with Crippen LogP contribution in [0.2, 0.25) is 5.02 Å². The van der Waals surface area contributed by atoms with Gasteiger partial charge >= 0.3 is 0 Å². The maximum absolute atomic E-state index is 11.4. The van der Waals surface area contributed by atoms with Gasteiger partial charge in [0.15, 0.2) is 0 Å². The highest BCUT2D eigenvalue weighted by Crippen LogP contribution is 2.28. The van der Waals surface area contributed by atoms with E-state index in [9.17, 15) is 4.79 Å². The highest BCUT2D eigenvalue weighted by molar-refractivity contribution is 6.30. The Morgan fingerprint density at radius 3 is 2.35 bits per heavy atom. The van der Waals surface area contributed by atoms with Crippen molar-refractivity contribution >= 4 is 46.1 Å². The summed E-state index contributed by atoms with van der Waals surface area (Å²) in [4.78, 5) is 11.4. The maximum atomic E-state index is 11.4. The first-order valence-electron chi connectivity index (χ1n) is 7.36. The molecule has 0 aromatic heterocycles. The monoisotopic (exact) mass is 321 g/mol. The molecule has 0 fully saturated rings. The minimum Gasteiger partial charge on any atom is -0.326 e. The molecular weight excluding hydrogens is 306 g/mol. The van der Waals surface area contributed by atoms with Crippen LogP contribution in [0.4, 0.5) is 5.69 Å². The zero-order chi connectivity index (χ0) is 16.2. The Morgan fingerprint density at radius 2 is 1.65 bits per heavy atom. The zero-order valence-corrected chi connectivity index (χ0v) is 13.5. The Kier molecular flexibility index (Phi) is 4.45. The Hall–Kier alpha value is -2.58. The molecule has 3 heteroatoms. The van der Waals surface area contributed by atoms with Gasteiger partial charge in [0.05, 0.1) is 0 Å². The normalized spacial score (nSPS) is 11.0. The number of benzene rings is 3. The molecule has 1 amide bonds. The van der Waals surface area contributed by atoms with Gasteiger partial charge in [0.1, 0.15) is 0 Å². The van der Waals surface area contributed by atoms with Crippen LogP contribution in [-0.2, 0) is 4.79 Å². The molecule has 0 bridgehead atoms. The van der Waals surface area contributed by atoms with E-state index in [0.717, 1.165) is 32.6 Å². The zero-order valence-electron chi connectivity index (χ0n) is 12.7. The minimum atomic E-state index is -0.0750. The summed E-state index contributed by atoms with van der Waals surface area (Å²) in [6, 6.07) is 19.7. The molecule has 23 heavy (non-hydrogen) atoms. The molecule has 3 rings (SSSR count). The lowest BCUT2D eigenvalue weighted by molar-refractivity contribution is -0.114. The van der Waals surface area contributed by atoms with E-state index in [2.05, 4.69) is 11.4 Å². The second kappa shape index (κ2) is 6.67. The first kappa shape index (κ1) is 15.3. The average Bonchev–Trinajstić information content (AvgIpc) is 2.54. The van der Waals surface area contributed by atoms with Gasteiger partial charge in [-0.2, -0.15) is 0 Å². The van der Waals surface area contributed by atoms with Crippen LogP contribution < -0.4 is 5.32 Å². The van der Waals surface area contributed by atoms with Gasteiger partial charge in [-0.25, -0.2) is 0 Å². The molecule has 1 N–H and O–H groups in total. The fourth-order valence-corrected chi connectivity index (χ4v) is 2.69. The summed E-state index contributed by atoms with van der Waals surface area (Å²) in [7, 11) is 0. The van der Waals surface area contributed by atoms with Gasteiger partial charge in [-0.1, -0.05) is 66.2 Å². The van der Waals surface area contributed by atoms with Crippen LogP contribution in [0.5, 0.6) is 0 Å². The van der Waals surface area contributed by atoms with Crippen molar-refractivity contribution in [3.63, 3.8) is 0 Å². The van der Waals surface area contributed by atoms with Crippen LogP contribution in [0, 0.1) is 0 Å². The standard InChI is InChI=1S/C20H16ClNO/c1-14(23)22-19-7-3-6-16-4-2-5-17(20(16)19)11-8-15-9-12-18(21)13-10-15/h2-13H,1H3,(H,22,23)/b11-8+. The van der Waals surface area contributed by atoms with E-state index in [-0.39, 0.29) is 5.91 Å². The Morgan fingerprint density at radius 1 is 0.957 bits per heavy atom. The Balaban J connectivity index is 2.06. The lowest BCUT2D eigenvalue weighted by Crippen LogP contribution is -2.06. The fraction of sp³-hybridized carbons (Fsp3) is 0.0500. The first-order valence-corrected chi connectivity index (χ1v) is 7.74. The summed E-state index contributed by atoms with van der Waals surface area (Å²) in [5.41, 5.74) is 2.96. The van der Waals surface area contributed by atoms with Crippen LogP contribution in [0.3, 0.4) is 0 Å². The maximum Gasteiger partial charge on any atom is 0.221 e. The number of rotatable bonds is 3. The van der Waals surface area contributed by atoms with E-state index in [1.807, 2.05) is 66.7 Å². The highest BCUT2D eigenvalue weighted by atomic mass is 35.5. The number of anilines is 1. The molecule has 3 aromatic carbocycles. The number of hydrogen-bond donors (Lipinski definition) is 1. The van der Waals surface area contributed by atoms with Gasteiger partial charge in [0.2, 0.25) is 5.91 Å². The van der Waals surface area contributed by atoms with Gasteiger partial charge in [-0.3, -0.25) is 4.79 Å². The van der Waals surface area contributed by atoms with E-state index >= 15 is 0 Å². The van der Waals surface area contributed by atoms with Crippen molar-refractivity contribution in [1.29, 1.82) is 0 Å². The molecule has 0 aliphatic rings. The van der Waals surface area contributed by atoms with Crippen molar-refractivity contribution in [1.82, 2.24) is 0 Å². The van der Waals surface area contributed by atoms with Crippen molar-refractivity contribution in [3.8, 4) is 0 Å². The second-order valence-corrected chi connectivity index (χ2v) is 5.75. The van der Waals surface area contributed by atoms with Crippen LogP contribution in [0.1, 0.15) is 18.1 Å². The average molecular weight is 322 g/mol. The van der Waals surface area contributed by atoms with Gasteiger partial charge in [-0.05, 0) is 34.7 Å². The SMILES string of the molecule is CC(=O)Nc1cccc2cccc(/C=C/c3ccc(Cl)cc3)c12. The Labute approximate surface area is 140 Å². The Bertz CT molecular complexity index is 877. The molecule has 0 radical (unpaired) electrons. The largest absolute Gasteiger partial charge is 0.326 e. The van der Waals surface area contributed by atoms with Crippen LogP contribution in [0.25, 0.3) is 22.9 Å². The molecule has 3 aromatic rings. The third-order valence-corrected chi connectivity index (χ3v) is 3.82. The smallest absolute Gasteiger partial charge is 0.221 e. The third kappa shape index (κ3) is 3.61. The fourth-order valence-electron chi connectivity index (χ4n) is 2.56. The predicted octanol–water partition coefficient (Wildman–Crippen LogP) is 5.62. The number of nitrogens with one attached hydrogen (secondary N) is 1. The van der Waals surface area contributed by atoms with E-state index in [4.69, 9.17) is 11.6 Å². The summed E-state index contributed by atoms with van der Waals surface area (Å²) in [6.45, 7) is 1.52. The second-order valence-electron chi connectivity index (χ2n) is 5.32. The topological polar surface area (TPSA) is 29.1 Å². The summed E-state index contributed by atoms with van der Waals surface area (Å²) >= 11 is 5.91. The summed E-state index contributed by atoms with van der Waals surface area (Å²) in [5, 5.41) is 5.76. The van der Waals surface area contributed by atoms with Crippen molar-refractivity contribution in [2.45, 2.75) is 6.92 Å². The van der Waals surface area contributed by atoms with Gasteiger partial charge in [-0.15, -0.1) is 0 Å². The van der Waals surface area contributed by atoms with Crippen LogP contribution in [-0.4, -0.2) is 5.91 Å². The summed E-state index contributed by atoms with van der Waals surface area (Å²) in [5.74, 6) is -0.0750. The molecule has 0 saturated carbocycles. The highest BCUT2D eigenvalue weighted by Gasteiger charge is 2.05. The molecule has 0 unspecified atom stereocenters. The number of hydrogen-bond acceptors (Lipinski definition) is 1. The number of halogens is 1. The van der Waals surface area contributed by atoms with E-state index in [0.29, 0.717) is 0 Å². The molecule has 0 aliphatic heterocycles. The van der Waals surface area contributed by atoms with Crippen molar-refractivity contribution in [3.05, 3.63) is 76.8 Å². The van der Waals surface area contributed by atoms with Crippen molar-refractivity contribution < 1.29 is 4.79 Å². The molecule has 0 spiro atoms. The van der Waals surface area contributed by atoms with Crippen molar-refractivity contribution in [2.24, 2.45) is 0 Å². The van der Waals surface area contributed by atoms with Gasteiger partial charge in [0.25, 0.3) is 0 Å². The molecule has 0 saturated heterocycles. The molecule has 2 nitrogen and oxygen atoms in total. The molecule has 0 atom stereocenters. The number of carbonyl (C=O) groups excluding carboxylic acids is 1. The minimum absolute atomic E-state index is 0.0750. The number of carbonyl (C=O) groups is 1. The van der Waals surface area contributed by atoms with E-state index < -0.39 is 0 Å². The van der Waals surface area contributed by atoms with E-state index in [1.165, 1.54) is 6.92 Å².